The average Bonchev–Trinajstić information content (AvgIpc) is 2.81. The van der Waals surface area contributed by atoms with Crippen LogP contribution in [0.1, 0.15) is 131 Å². The molecule has 0 saturated heterocycles. The second kappa shape index (κ2) is 40.8. The Morgan fingerprint density at radius 1 is 0.778 bits per heavy atom. The van der Waals surface area contributed by atoms with Crippen molar-refractivity contribution in [3.05, 3.63) is 30.7 Å². The SMILES string of the molecule is C=C(C)C(=O)O.C=C(C)[C-]=O.CC(C)CCCCCCCCCCCCCCC(=O)O.C[CH-]C.[O]=[Ti+2]. The van der Waals surface area contributed by atoms with Gasteiger partial charge in [-0.25, -0.2) is 11.4 Å². The Labute approximate surface area is 234 Å². The van der Waals surface area contributed by atoms with Crippen molar-refractivity contribution in [1.29, 1.82) is 0 Å². The number of carboxylic acids is 2. The quantitative estimate of drug-likeness (QED) is 0.0818. The van der Waals surface area contributed by atoms with E-state index in [9.17, 15) is 14.4 Å². The van der Waals surface area contributed by atoms with E-state index in [2.05, 4.69) is 27.0 Å². The molecule has 36 heavy (non-hydrogen) atoms. The maximum absolute atomic E-state index is 10.3. The minimum absolute atomic E-state index is 0.176. The first-order chi connectivity index (χ1) is 17.0. The van der Waals surface area contributed by atoms with E-state index in [0.29, 0.717) is 12.0 Å². The van der Waals surface area contributed by atoms with Gasteiger partial charge in [-0.2, -0.15) is 19.4 Å². The molecule has 7 heteroatoms. The molecule has 0 spiro atoms. The maximum atomic E-state index is 10.3. The molecule has 6 nitrogen and oxygen atoms in total. The first kappa shape index (κ1) is 44.6. The second-order valence-electron chi connectivity index (χ2n) is 9.11. The normalized spacial score (nSPS) is 9.03. The molecular formula is C29H54O6Ti. The van der Waals surface area contributed by atoms with Crippen molar-refractivity contribution < 1.29 is 48.3 Å². The van der Waals surface area contributed by atoms with E-state index >= 15 is 0 Å². The van der Waals surface area contributed by atoms with Crippen LogP contribution >= 0.6 is 0 Å². The van der Waals surface area contributed by atoms with Crippen molar-refractivity contribution in [3.8, 4) is 0 Å². The Morgan fingerprint density at radius 3 is 1.22 bits per heavy atom. The van der Waals surface area contributed by atoms with Gasteiger partial charge in [0.15, 0.2) is 0 Å². The number of aliphatic carboxylic acids is 2. The van der Waals surface area contributed by atoms with E-state index in [1.807, 2.05) is 20.3 Å². The summed E-state index contributed by atoms with van der Waals surface area (Å²) in [5, 5.41) is 16.4. The molecule has 0 rings (SSSR count). The van der Waals surface area contributed by atoms with E-state index < -0.39 is 11.9 Å². The fraction of sp³-hybridized carbons (Fsp3) is 0.724. The van der Waals surface area contributed by atoms with Crippen LogP contribution in [0.25, 0.3) is 0 Å². The van der Waals surface area contributed by atoms with Crippen LogP contribution < -0.4 is 0 Å². The molecule has 0 aliphatic carbocycles. The molecule has 0 aromatic heterocycles. The predicted octanol–water partition coefficient (Wildman–Crippen LogP) is 8.62. The molecule has 210 valence electrons. The van der Waals surface area contributed by atoms with Gasteiger partial charge in [0.2, 0.25) is 0 Å². The van der Waals surface area contributed by atoms with E-state index in [1.165, 1.54) is 77.6 Å². The van der Waals surface area contributed by atoms with Crippen molar-refractivity contribution >= 4 is 18.2 Å². The number of rotatable bonds is 17. The Hall–Kier alpha value is -1.40. The molecule has 0 amide bonds. The first-order valence-corrected chi connectivity index (χ1v) is 13.7. The van der Waals surface area contributed by atoms with Crippen molar-refractivity contribution in [2.75, 3.05) is 0 Å². The van der Waals surface area contributed by atoms with Gasteiger partial charge in [0.05, 0.1) is 0 Å². The average molecular weight is 547 g/mol. The zero-order chi connectivity index (χ0) is 29.2. The fourth-order valence-corrected chi connectivity index (χ4v) is 2.60. The molecular weight excluding hydrogens is 492 g/mol. The van der Waals surface area contributed by atoms with Crippen LogP contribution in [0.3, 0.4) is 0 Å². The summed E-state index contributed by atoms with van der Waals surface area (Å²) in [4.78, 5) is 29.2. The van der Waals surface area contributed by atoms with Gasteiger partial charge in [-0.3, -0.25) is 4.79 Å². The fourth-order valence-electron chi connectivity index (χ4n) is 2.60. The molecule has 0 bridgehead atoms. The number of hydrogen-bond donors (Lipinski definition) is 2. The third-order valence-corrected chi connectivity index (χ3v) is 4.46. The molecule has 0 aliphatic rings. The Morgan fingerprint density at radius 2 is 1.03 bits per heavy atom. The van der Waals surface area contributed by atoms with Crippen LogP contribution in [0.15, 0.2) is 24.3 Å². The molecule has 0 saturated carbocycles. The minimum atomic E-state index is -0.935. The molecule has 0 aliphatic heterocycles. The monoisotopic (exact) mass is 546 g/mol. The van der Waals surface area contributed by atoms with Gasteiger partial charge in [0.1, 0.15) is 0 Å². The summed E-state index contributed by atoms with van der Waals surface area (Å²) >= 11 is 0.750. The molecule has 0 heterocycles. The van der Waals surface area contributed by atoms with Crippen LogP contribution in [0.5, 0.6) is 0 Å². The van der Waals surface area contributed by atoms with E-state index in [1.54, 1.807) is 13.2 Å². The molecule has 0 aromatic rings. The summed E-state index contributed by atoms with van der Waals surface area (Å²) in [5.74, 6) is -0.723. The first-order valence-electron chi connectivity index (χ1n) is 13.0. The molecule has 0 radical (unpaired) electrons. The zero-order valence-corrected chi connectivity index (χ0v) is 25.6. The van der Waals surface area contributed by atoms with Gasteiger partial charge in [-0.05, 0) is 25.5 Å². The van der Waals surface area contributed by atoms with Gasteiger partial charge in [0.25, 0.3) is 0 Å². The summed E-state index contributed by atoms with van der Waals surface area (Å²) in [6.07, 6.45) is 20.9. The standard InChI is InChI=1S/C18H36O2.C4H6O2.C4H5O.C3H7.O.Ti/c1-17(2)15-13-11-9-7-5-3-4-6-8-10-12-14-16-18(19)20;1-3(2)4(5)6;1-4(2)3-5;1-3-2;;/h17H,3-16H2,1-2H3,(H,19,20);1H2,2H3,(H,5,6);1H2,2H3;3H,1-2H3;;/q;;2*-1;;+2. The number of hydrogen-bond acceptors (Lipinski definition) is 4. The van der Waals surface area contributed by atoms with Gasteiger partial charge < -0.3 is 21.4 Å². The van der Waals surface area contributed by atoms with Crippen LogP contribution in [0.2, 0.25) is 0 Å². The summed E-state index contributed by atoms with van der Waals surface area (Å²) < 4.78 is 8.25. The number of carbonyl (C=O) groups excluding carboxylic acids is 1. The van der Waals surface area contributed by atoms with E-state index in [4.69, 9.17) is 13.5 Å². The predicted molar refractivity (Wildman–Crippen MR) is 146 cm³/mol. The molecule has 0 fully saturated rings. The molecule has 0 atom stereocenters. The molecule has 2 N–H and O–H groups in total. The van der Waals surface area contributed by atoms with Crippen molar-refractivity contribution in [1.82, 2.24) is 0 Å². The molecule has 0 aromatic carbocycles. The molecule has 0 unspecified atom stereocenters. The summed E-state index contributed by atoms with van der Waals surface area (Å²) in [6, 6.07) is 0. The zero-order valence-electron chi connectivity index (χ0n) is 24.0. The summed E-state index contributed by atoms with van der Waals surface area (Å²) in [5.41, 5.74) is 0.625. The van der Waals surface area contributed by atoms with Gasteiger partial charge in [-0.15, -0.1) is 0 Å². The van der Waals surface area contributed by atoms with Gasteiger partial charge in [-0.1, -0.05) is 104 Å². The Kier molecular flexibility index (Phi) is 50.5. The summed E-state index contributed by atoms with van der Waals surface area (Å²) in [6.45, 7) is 18.1. The van der Waals surface area contributed by atoms with E-state index in [0.717, 1.165) is 39.2 Å². The van der Waals surface area contributed by atoms with Gasteiger partial charge in [0, 0.05) is 12.0 Å². The Bertz CT molecular complexity index is 506. The van der Waals surface area contributed by atoms with Crippen molar-refractivity contribution in [3.63, 3.8) is 0 Å². The van der Waals surface area contributed by atoms with Crippen molar-refractivity contribution in [2.24, 2.45) is 5.92 Å². The second-order valence-corrected chi connectivity index (χ2v) is 9.11. The van der Waals surface area contributed by atoms with Crippen LogP contribution in [-0.4, -0.2) is 28.4 Å². The van der Waals surface area contributed by atoms with Crippen molar-refractivity contribution in [2.45, 2.75) is 131 Å². The van der Waals surface area contributed by atoms with Crippen LogP contribution in [0.4, 0.5) is 0 Å². The Balaban J connectivity index is -0.000000163. The van der Waals surface area contributed by atoms with Gasteiger partial charge >= 0.3 is 35.7 Å². The number of carboxylic acid groups (broad SMARTS) is 2. The van der Waals surface area contributed by atoms with E-state index in [-0.39, 0.29) is 5.57 Å². The number of unbranched alkanes of at least 4 members (excludes halogenated alkanes) is 11. The van der Waals surface area contributed by atoms with Crippen LogP contribution in [-0.2, 0) is 38.1 Å². The third-order valence-electron chi connectivity index (χ3n) is 4.46. The third kappa shape index (κ3) is 69.8. The summed E-state index contributed by atoms with van der Waals surface area (Å²) in [7, 11) is 0. The number of allylic oxidation sites excluding steroid dienone is 1. The number of carbonyl (C=O) groups is 2. The topological polar surface area (TPSA) is 109 Å². The van der Waals surface area contributed by atoms with Crippen LogP contribution in [0, 0.1) is 12.3 Å².